The number of hydrazone groups is 1. The summed E-state index contributed by atoms with van der Waals surface area (Å²) in [5, 5.41) is 19.9. The number of nitrogens with two attached hydrogens (primary N) is 1. The zero-order valence-electron chi connectivity index (χ0n) is 14.1. The minimum absolute atomic E-state index is 0.00591. The number of benzene rings is 2. The van der Waals surface area contributed by atoms with Crippen molar-refractivity contribution in [3.05, 3.63) is 74.9 Å². The Labute approximate surface area is 168 Å². The van der Waals surface area contributed by atoms with E-state index in [9.17, 15) is 18.5 Å². The number of halogens is 1. The number of non-ortho nitro benzene ring substituents is 1. The van der Waals surface area contributed by atoms with Crippen molar-refractivity contribution < 1.29 is 17.8 Å². The minimum atomic E-state index is -3.74. The number of nitrogens with zero attached hydrogens (tertiary/aromatic N) is 2. The molecule has 0 bridgehead atoms. The molecule has 0 amide bonds. The number of nitro groups is 1. The number of sulfonamides is 1. The van der Waals surface area contributed by atoms with Gasteiger partial charge >= 0.3 is 0 Å². The fourth-order valence-corrected chi connectivity index (χ4v) is 3.35. The molecule has 144 valence electrons. The number of hydrogen-bond donors (Lipinski definition) is 2. The molecular weight excluding hydrogens is 452 g/mol. The van der Waals surface area contributed by atoms with Gasteiger partial charge in [-0.05, 0) is 58.4 Å². The highest BCUT2D eigenvalue weighted by Crippen LogP contribution is 2.32. The molecular formula is C17H13BrN4O5S. The van der Waals surface area contributed by atoms with Crippen molar-refractivity contribution in [2.24, 2.45) is 10.2 Å². The molecule has 0 fully saturated rings. The Morgan fingerprint density at radius 2 is 1.86 bits per heavy atom. The number of hydrogen-bond acceptors (Lipinski definition) is 7. The Kier molecular flexibility index (Phi) is 5.58. The predicted octanol–water partition coefficient (Wildman–Crippen LogP) is 3.71. The summed E-state index contributed by atoms with van der Waals surface area (Å²) in [6, 6.07) is 13.6. The summed E-state index contributed by atoms with van der Waals surface area (Å²) in [7, 11) is -3.74. The minimum Gasteiger partial charge on any atom is -0.455 e. The van der Waals surface area contributed by atoms with Gasteiger partial charge in [-0.25, -0.2) is 13.6 Å². The number of primary sulfonamides is 1. The SMILES string of the molecule is NS(=O)(=O)c1ccc(NN=Cc2ccc(-c3ccc([N+](=O)[O-])cc3Br)o2)cc1. The van der Waals surface area contributed by atoms with Crippen LogP contribution in [0.5, 0.6) is 0 Å². The van der Waals surface area contributed by atoms with Crippen molar-refractivity contribution in [3.63, 3.8) is 0 Å². The van der Waals surface area contributed by atoms with E-state index < -0.39 is 14.9 Å². The molecule has 0 radical (unpaired) electrons. The maximum absolute atomic E-state index is 11.2. The molecule has 0 aliphatic rings. The van der Waals surface area contributed by atoms with E-state index in [4.69, 9.17) is 9.56 Å². The first-order chi connectivity index (χ1) is 13.2. The van der Waals surface area contributed by atoms with Gasteiger partial charge in [-0.3, -0.25) is 15.5 Å². The molecule has 1 aromatic heterocycles. The molecule has 11 heteroatoms. The first-order valence-corrected chi connectivity index (χ1v) is 10.0. The van der Waals surface area contributed by atoms with Gasteiger partial charge in [-0.1, -0.05) is 0 Å². The average Bonchev–Trinajstić information content (AvgIpc) is 3.10. The predicted molar refractivity (Wildman–Crippen MR) is 108 cm³/mol. The van der Waals surface area contributed by atoms with E-state index in [0.717, 1.165) is 0 Å². The highest BCUT2D eigenvalue weighted by molar-refractivity contribution is 9.10. The van der Waals surface area contributed by atoms with Crippen molar-refractivity contribution in [2.45, 2.75) is 4.90 Å². The number of rotatable bonds is 6. The van der Waals surface area contributed by atoms with Crippen molar-refractivity contribution in [2.75, 3.05) is 5.43 Å². The van der Waals surface area contributed by atoms with Crippen molar-refractivity contribution >= 4 is 43.5 Å². The molecule has 2 aromatic carbocycles. The van der Waals surface area contributed by atoms with Crippen molar-refractivity contribution in [1.82, 2.24) is 0 Å². The van der Waals surface area contributed by atoms with E-state index in [2.05, 4.69) is 26.5 Å². The highest BCUT2D eigenvalue weighted by atomic mass is 79.9. The standard InChI is InChI=1S/C17H13BrN4O5S/c18-16-9-12(22(23)24)3-7-15(16)17-8-4-13(27-17)10-20-21-11-1-5-14(6-2-11)28(19,25)26/h1-10,21H,(H2,19,25,26). The molecule has 0 saturated heterocycles. The normalized spacial score (nSPS) is 11.6. The van der Waals surface area contributed by atoms with Crippen LogP contribution in [0.15, 0.2) is 73.5 Å². The van der Waals surface area contributed by atoms with Crippen LogP contribution in [-0.4, -0.2) is 19.6 Å². The maximum Gasteiger partial charge on any atom is 0.270 e. The van der Waals surface area contributed by atoms with Gasteiger partial charge in [-0.15, -0.1) is 0 Å². The number of nitro benzene ring substituents is 1. The molecule has 3 N–H and O–H groups in total. The second kappa shape index (κ2) is 7.92. The number of furan rings is 1. The molecule has 3 rings (SSSR count). The van der Waals surface area contributed by atoms with Crippen LogP contribution in [0.25, 0.3) is 11.3 Å². The highest BCUT2D eigenvalue weighted by Gasteiger charge is 2.13. The number of nitrogens with one attached hydrogen (secondary N) is 1. The molecule has 0 atom stereocenters. The molecule has 1 heterocycles. The summed E-state index contributed by atoms with van der Waals surface area (Å²) < 4.78 is 28.6. The quantitative estimate of drug-likeness (QED) is 0.323. The summed E-state index contributed by atoms with van der Waals surface area (Å²) in [6.45, 7) is 0. The molecule has 0 spiro atoms. The van der Waals surface area contributed by atoms with Crippen LogP contribution in [-0.2, 0) is 10.0 Å². The van der Waals surface area contributed by atoms with Gasteiger partial charge in [0, 0.05) is 22.2 Å². The Hall–Kier alpha value is -3.02. The molecule has 0 aliphatic heterocycles. The summed E-state index contributed by atoms with van der Waals surface area (Å²) in [4.78, 5) is 10.3. The van der Waals surface area contributed by atoms with E-state index >= 15 is 0 Å². The largest absolute Gasteiger partial charge is 0.455 e. The smallest absolute Gasteiger partial charge is 0.270 e. The van der Waals surface area contributed by atoms with Gasteiger partial charge in [0.2, 0.25) is 10.0 Å². The van der Waals surface area contributed by atoms with Crippen LogP contribution in [0, 0.1) is 10.1 Å². The van der Waals surface area contributed by atoms with Crippen LogP contribution in [0.4, 0.5) is 11.4 Å². The first-order valence-electron chi connectivity index (χ1n) is 7.70. The van der Waals surface area contributed by atoms with Gasteiger partial charge in [0.25, 0.3) is 5.69 Å². The third kappa shape index (κ3) is 4.63. The zero-order chi connectivity index (χ0) is 20.3. The zero-order valence-corrected chi connectivity index (χ0v) is 16.5. The summed E-state index contributed by atoms with van der Waals surface area (Å²) >= 11 is 3.30. The number of anilines is 1. The maximum atomic E-state index is 11.2. The molecule has 0 saturated carbocycles. The summed E-state index contributed by atoms with van der Waals surface area (Å²) in [5.41, 5.74) is 3.94. The van der Waals surface area contributed by atoms with E-state index in [1.54, 1.807) is 18.2 Å². The van der Waals surface area contributed by atoms with Gasteiger partial charge < -0.3 is 4.42 Å². The van der Waals surface area contributed by atoms with Crippen molar-refractivity contribution in [3.8, 4) is 11.3 Å². The Bertz CT molecular complexity index is 1160. The van der Waals surface area contributed by atoms with Gasteiger partial charge in [-0.2, -0.15) is 5.10 Å². The van der Waals surface area contributed by atoms with Crippen LogP contribution in [0.1, 0.15) is 5.76 Å². The summed E-state index contributed by atoms with van der Waals surface area (Å²) in [5.74, 6) is 0.967. The van der Waals surface area contributed by atoms with Crippen LogP contribution in [0.3, 0.4) is 0 Å². The van der Waals surface area contributed by atoms with Crippen molar-refractivity contribution in [1.29, 1.82) is 0 Å². The van der Waals surface area contributed by atoms with Crippen LogP contribution >= 0.6 is 15.9 Å². The van der Waals surface area contributed by atoms with E-state index in [1.165, 1.54) is 42.6 Å². The van der Waals surface area contributed by atoms with E-state index in [-0.39, 0.29) is 10.6 Å². The van der Waals surface area contributed by atoms with Gasteiger partial charge in [0.05, 0.1) is 21.7 Å². The lowest BCUT2D eigenvalue weighted by Gasteiger charge is -2.02. The molecule has 3 aromatic rings. The lowest BCUT2D eigenvalue weighted by Crippen LogP contribution is -2.11. The second-order valence-electron chi connectivity index (χ2n) is 5.56. The van der Waals surface area contributed by atoms with Gasteiger partial charge in [0.15, 0.2) is 0 Å². The molecule has 28 heavy (non-hydrogen) atoms. The Morgan fingerprint density at radius 3 is 2.46 bits per heavy atom. The van der Waals surface area contributed by atoms with E-state index in [0.29, 0.717) is 27.2 Å². The lowest BCUT2D eigenvalue weighted by molar-refractivity contribution is -0.384. The first kappa shape index (κ1) is 19.7. The lowest BCUT2D eigenvalue weighted by atomic mass is 10.1. The fraction of sp³-hybridized carbons (Fsp3) is 0. The molecule has 0 unspecified atom stereocenters. The summed E-state index contributed by atoms with van der Waals surface area (Å²) in [6.07, 6.45) is 1.44. The second-order valence-corrected chi connectivity index (χ2v) is 7.98. The van der Waals surface area contributed by atoms with Gasteiger partial charge in [0.1, 0.15) is 11.5 Å². The average molecular weight is 465 g/mol. The Morgan fingerprint density at radius 1 is 1.14 bits per heavy atom. The molecule has 9 nitrogen and oxygen atoms in total. The fourth-order valence-electron chi connectivity index (χ4n) is 2.27. The van der Waals surface area contributed by atoms with Crippen LogP contribution < -0.4 is 10.6 Å². The topological polar surface area (TPSA) is 141 Å². The van der Waals surface area contributed by atoms with E-state index in [1.807, 2.05) is 0 Å². The third-order valence-electron chi connectivity index (χ3n) is 3.62. The van der Waals surface area contributed by atoms with Crippen LogP contribution in [0.2, 0.25) is 0 Å². The molecule has 0 aliphatic carbocycles. The Balaban J connectivity index is 1.70. The third-order valence-corrected chi connectivity index (χ3v) is 5.21. The monoisotopic (exact) mass is 464 g/mol.